The number of hydrogen-bond acceptors (Lipinski definition) is 3. The zero-order chi connectivity index (χ0) is 11.0. The van der Waals surface area contributed by atoms with Gasteiger partial charge >= 0.3 is 5.97 Å². The molecule has 1 aliphatic carbocycles. The van der Waals surface area contributed by atoms with Crippen LogP contribution in [-0.4, -0.2) is 25.7 Å². The predicted molar refractivity (Wildman–Crippen MR) is 58.2 cm³/mol. The fourth-order valence-electron chi connectivity index (χ4n) is 1.84. The number of carbonyl (C=O) groups is 1. The first-order valence-corrected chi connectivity index (χ1v) is 5.63. The van der Waals surface area contributed by atoms with Crippen molar-refractivity contribution in [1.82, 2.24) is 5.32 Å². The average Bonchev–Trinajstić information content (AvgIpc) is 2.69. The van der Waals surface area contributed by atoms with Crippen molar-refractivity contribution in [3.8, 4) is 0 Å². The van der Waals surface area contributed by atoms with Gasteiger partial charge < -0.3 is 10.1 Å². The van der Waals surface area contributed by atoms with Gasteiger partial charge in [-0.2, -0.15) is 0 Å². The molecule has 2 atom stereocenters. The van der Waals surface area contributed by atoms with E-state index in [0.29, 0.717) is 12.6 Å². The molecule has 14 heavy (non-hydrogen) atoms. The second-order valence-corrected chi connectivity index (χ2v) is 3.18. The molecule has 1 fully saturated rings. The summed E-state index contributed by atoms with van der Waals surface area (Å²) in [6.45, 7) is 6.34. The van der Waals surface area contributed by atoms with E-state index in [9.17, 15) is 4.79 Å². The van der Waals surface area contributed by atoms with Gasteiger partial charge in [0.15, 0.2) is 0 Å². The molecule has 0 bridgehead atoms. The highest BCUT2D eigenvalue weighted by Crippen LogP contribution is 2.26. The Kier molecular flexibility index (Phi) is 7.48. The minimum Gasteiger partial charge on any atom is -0.466 e. The normalized spacial score (nSPS) is 25.1. The average molecular weight is 201 g/mol. The maximum Gasteiger partial charge on any atom is 0.310 e. The summed E-state index contributed by atoms with van der Waals surface area (Å²) in [7, 11) is 1.90. The van der Waals surface area contributed by atoms with Gasteiger partial charge in [-0.25, -0.2) is 0 Å². The number of ether oxygens (including phenoxy) is 1. The lowest BCUT2D eigenvalue weighted by Crippen LogP contribution is -2.34. The van der Waals surface area contributed by atoms with E-state index in [-0.39, 0.29) is 11.9 Å². The van der Waals surface area contributed by atoms with Gasteiger partial charge in [-0.15, -0.1) is 0 Å². The van der Waals surface area contributed by atoms with E-state index in [1.54, 1.807) is 0 Å². The molecular formula is C11H23NO2. The highest BCUT2D eigenvalue weighted by molar-refractivity contribution is 5.73. The minimum absolute atomic E-state index is 0.0330. The second-order valence-electron chi connectivity index (χ2n) is 3.18. The monoisotopic (exact) mass is 201 g/mol. The summed E-state index contributed by atoms with van der Waals surface area (Å²) >= 11 is 0. The van der Waals surface area contributed by atoms with Crippen molar-refractivity contribution < 1.29 is 9.53 Å². The number of rotatable bonds is 3. The minimum atomic E-state index is -0.0330. The van der Waals surface area contributed by atoms with Gasteiger partial charge in [-0.05, 0) is 26.8 Å². The number of hydrogen-bond donors (Lipinski definition) is 1. The van der Waals surface area contributed by atoms with Gasteiger partial charge in [-0.3, -0.25) is 4.79 Å². The lowest BCUT2D eigenvalue weighted by molar-refractivity contribution is -0.148. The zero-order valence-electron chi connectivity index (χ0n) is 9.80. The van der Waals surface area contributed by atoms with Crippen molar-refractivity contribution in [1.29, 1.82) is 0 Å². The summed E-state index contributed by atoms with van der Waals surface area (Å²) in [6, 6.07) is 0.337. The number of carbonyl (C=O) groups excluding carboxylic acids is 1. The predicted octanol–water partition coefficient (Wildman–Crippen LogP) is 1.96. The van der Waals surface area contributed by atoms with Gasteiger partial charge in [0, 0.05) is 6.04 Å². The van der Waals surface area contributed by atoms with Crippen molar-refractivity contribution in [3.63, 3.8) is 0 Å². The molecule has 0 amide bonds. The van der Waals surface area contributed by atoms with Crippen LogP contribution in [0.3, 0.4) is 0 Å². The largest absolute Gasteiger partial charge is 0.466 e. The molecule has 84 valence electrons. The van der Waals surface area contributed by atoms with E-state index in [2.05, 4.69) is 5.32 Å². The lowest BCUT2D eigenvalue weighted by atomic mass is 10.0. The maximum absolute atomic E-state index is 11.4. The van der Waals surface area contributed by atoms with Crippen LogP contribution in [0, 0.1) is 5.92 Å². The van der Waals surface area contributed by atoms with E-state index in [4.69, 9.17) is 4.74 Å². The Hall–Kier alpha value is -0.570. The van der Waals surface area contributed by atoms with E-state index >= 15 is 0 Å². The molecule has 1 N–H and O–H groups in total. The first-order chi connectivity index (χ1) is 6.79. The summed E-state index contributed by atoms with van der Waals surface area (Å²) in [5, 5.41) is 3.15. The second kappa shape index (κ2) is 7.80. The van der Waals surface area contributed by atoms with Crippen molar-refractivity contribution in [2.45, 2.75) is 46.1 Å². The van der Waals surface area contributed by atoms with E-state index in [0.717, 1.165) is 19.3 Å². The Morgan fingerprint density at radius 1 is 1.43 bits per heavy atom. The van der Waals surface area contributed by atoms with Crippen LogP contribution >= 0.6 is 0 Å². The first-order valence-electron chi connectivity index (χ1n) is 5.63. The summed E-state index contributed by atoms with van der Waals surface area (Å²) in [5.74, 6) is 0.0595. The van der Waals surface area contributed by atoms with E-state index in [1.807, 2.05) is 27.8 Å². The Balaban J connectivity index is 0.000000791. The SMILES string of the molecule is CC.CCOC(=O)C1CCCC1NC. The summed E-state index contributed by atoms with van der Waals surface area (Å²) in [6.07, 6.45) is 3.21. The molecule has 0 saturated heterocycles. The standard InChI is InChI=1S/C9H17NO2.C2H6/c1-3-12-9(11)7-5-4-6-8(7)10-2;1-2/h7-8,10H,3-6H2,1-2H3;1-2H3. The summed E-state index contributed by atoms with van der Waals surface area (Å²) in [5.41, 5.74) is 0. The van der Waals surface area contributed by atoms with Crippen LogP contribution in [0.4, 0.5) is 0 Å². The number of esters is 1. The maximum atomic E-state index is 11.4. The van der Waals surface area contributed by atoms with Crippen molar-refractivity contribution in [2.75, 3.05) is 13.7 Å². The molecule has 3 heteroatoms. The molecule has 1 aliphatic rings. The lowest BCUT2D eigenvalue weighted by Gasteiger charge is -2.16. The van der Waals surface area contributed by atoms with Crippen LogP contribution in [0.15, 0.2) is 0 Å². The fourth-order valence-corrected chi connectivity index (χ4v) is 1.84. The molecule has 0 radical (unpaired) electrons. The Morgan fingerprint density at radius 2 is 2.07 bits per heavy atom. The summed E-state index contributed by atoms with van der Waals surface area (Å²) in [4.78, 5) is 11.4. The molecular weight excluding hydrogens is 178 g/mol. The van der Waals surface area contributed by atoms with Crippen molar-refractivity contribution in [2.24, 2.45) is 5.92 Å². The highest BCUT2D eigenvalue weighted by atomic mass is 16.5. The van der Waals surface area contributed by atoms with E-state index < -0.39 is 0 Å². The van der Waals surface area contributed by atoms with Gasteiger partial charge in [0.05, 0.1) is 12.5 Å². The van der Waals surface area contributed by atoms with Gasteiger partial charge in [-0.1, -0.05) is 20.3 Å². The third kappa shape index (κ3) is 3.66. The van der Waals surface area contributed by atoms with Crippen molar-refractivity contribution >= 4 is 5.97 Å². The van der Waals surface area contributed by atoms with Crippen LogP contribution in [0.25, 0.3) is 0 Å². The molecule has 1 rings (SSSR count). The van der Waals surface area contributed by atoms with Crippen LogP contribution < -0.4 is 5.32 Å². The third-order valence-electron chi connectivity index (χ3n) is 2.48. The molecule has 0 heterocycles. The van der Waals surface area contributed by atoms with Gasteiger partial charge in [0.2, 0.25) is 0 Å². The van der Waals surface area contributed by atoms with Gasteiger partial charge in [0.25, 0.3) is 0 Å². The third-order valence-corrected chi connectivity index (χ3v) is 2.48. The smallest absolute Gasteiger partial charge is 0.310 e. The summed E-state index contributed by atoms with van der Waals surface area (Å²) < 4.78 is 4.98. The Morgan fingerprint density at radius 3 is 2.57 bits per heavy atom. The molecule has 0 aromatic carbocycles. The Bertz CT molecular complexity index is 159. The van der Waals surface area contributed by atoms with Gasteiger partial charge in [0.1, 0.15) is 0 Å². The Labute approximate surface area is 87.2 Å². The molecule has 3 nitrogen and oxygen atoms in total. The molecule has 0 aromatic rings. The van der Waals surface area contributed by atoms with Crippen LogP contribution in [0.1, 0.15) is 40.0 Å². The van der Waals surface area contributed by atoms with Crippen LogP contribution in [-0.2, 0) is 9.53 Å². The van der Waals surface area contributed by atoms with E-state index in [1.165, 1.54) is 0 Å². The molecule has 0 aliphatic heterocycles. The molecule has 0 spiro atoms. The molecule has 1 saturated carbocycles. The fraction of sp³-hybridized carbons (Fsp3) is 0.909. The molecule has 2 unspecified atom stereocenters. The highest BCUT2D eigenvalue weighted by Gasteiger charge is 2.32. The topological polar surface area (TPSA) is 38.3 Å². The quantitative estimate of drug-likeness (QED) is 0.709. The zero-order valence-corrected chi connectivity index (χ0v) is 9.80. The van der Waals surface area contributed by atoms with Crippen LogP contribution in [0.5, 0.6) is 0 Å². The molecule has 0 aromatic heterocycles. The first kappa shape index (κ1) is 13.4. The van der Waals surface area contributed by atoms with Crippen LogP contribution in [0.2, 0.25) is 0 Å². The van der Waals surface area contributed by atoms with Crippen molar-refractivity contribution in [3.05, 3.63) is 0 Å². The number of nitrogens with one attached hydrogen (secondary N) is 1.